The van der Waals surface area contributed by atoms with Gasteiger partial charge >= 0.3 is 5.97 Å². The summed E-state index contributed by atoms with van der Waals surface area (Å²) in [6.07, 6.45) is 2.55. The van der Waals surface area contributed by atoms with Crippen LogP contribution < -0.4 is 0 Å². The molecule has 0 radical (unpaired) electrons. The molecule has 0 aromatic heterocycles. The number of nitrogens with zero attached hydrogens (tertiary/aromatic N) is 1. The summed E-state index contributed by atoms with van der Waals surface area (Å²) in [5.41, 5.74) is 1.47. The average molecular weight is 233 g/mol. The Hall–Kier alpha value is -1.35. The zero-order valence-electron chi connectivity index (χ0n) is 10.4. The van der Waals surface area contributed by atoms with E-state index in [9.17, 15) is 4.79 Å². The summed E-state index contributed by atoms with van der Waals surface area (Å²) in [5, 5.41) is 8.96. The number of hydrogen-bond acceptors (Lipinski definition) is 2. The number of carbonyl (C=O) groups is 1. The van der Waals surface area contributed by atoms with Crippen LogP contribution >= 0.6 is 0 Å². The maximum atomic E-state index is 10.9. The number of carboxylic acids is 1. The minimum Gasteiger partial charge on any atom is -0.478 e. The van der Waals surface area contributed by atoms with E-state index in [0.717, 1.165) is 12.1 Å². The van der Waals surface area contributed by atoms with Crippen molar-refractivity contribution in [3.05, 3.63) is 35.4 Å². The van der Waals surface area contributed by atoms with E-state index in [4.69, 9.17) is 5.11 Å². The molecule has 0 spiro atoms. The molecule has 0 unspecified atom stereocenters. The molecule has 92 valence electrons. The van der Waals surface area contributed by atoms with Crippen LogP contribution in [0.3, 0.4) is 0 Å². The number of rotatable bonds is 5. The van der Waals surface area contributed by atoms with Crippen LogP contribution in [0.1, 0.15) is 42.6 Å². The minimum absolute atomic E-state index is 0.377. The van der Waals surface area contributed by atoms with E-state index in [1.54, 1.807) is 12.1 Å². The number of aromatic carboxylic acids is 1. The molecule has 1 aliphatic carbocycles. The molecule has 1 saturated carbocycles. The Morgan fingerprint density at radius 2 is 2.18 bits per heavy atom. The third kappa shape index (κ3) is 3.07. The Labute approximate surface area is 102 Å². The van der Waals surface area contributed by atoms with Gasteiger partial charge in [-0.05, 0) is 44.4 Å². The Morgan fingerprint density at radius 3 is 2.71 bits per heavy atom. The second-order valence-corrected chi connectivity index (χ2v) is 5.00. The van der Waals surface area contributed by atoms with Crippen LogP contribution in [0.25, 0.3) is 0 Å². The number of hydrogen-bond donors (Lipinski definition) is 1. The van der Waals surface area contributed by atoms with Gasteiger partial charge in [0.05, 0.1) is 5.56 Å². The van der Waals surface area contributed by atoms with Crippen LogP contribution in [-0.4, -0.2) is 28.1 Å². The highest BCUT2D eigenvalue weighted by atomic mass is 16.4. The minimum atomic E-state index is -0.852. The maximum absolute atomic E-state index is 10.9. The molecule has 0 bridgehead atoms. The Balaban J connectivity index is 2.11. The molecule has 0 atom stereocenters. The summed E-state index contributed by atoms with van der Waals surface area (Å²) in [6, 6.07) is 8.46. The van der Waals surface area contributed by atoms with Crippen molar-refractivity contribution in [2.24, 2.45) is 0 Å². The molecule has 1 fully saturated rings. The normalized spacial score (nSPS) is 15.5. The van der Waals surface area contributed by atoms with Crippen LogP contribution in [0, 0.1) is 0 Å². The van der Waals surface area contributed by atoms with E-state index in [2.05, 4.69) is 18.7 Å². The number of carboxylic acid groups (broad SMARTS) is 1. The van der Waals surface area contributed by atoms with Gasteiger partial charge in [-0.25, -0.2) is 4.79 Å². The summed E-state index contributed by atoms with van der Waals surface area (Å²) in [4.78, 5) is 13.4. The van der Waals surface area contributed by atoms with Crippen molar-refractivity contribution in [3.63, 3.8) is 0 Å². The van der Waals surface area contributed by atoms with Crippen molar-refractivity contribution in [3.8, 4) is 0 Å². The largest absolute Gasteiger partial charge is 0.478 e. The summed E-state index contributed by atoms with van der Waals surface area (Å²) in [7, 11) is 0. The third-order valence-electron chi connectivity index (χ3n) is 3.22. The molecule has 0 amide bonds. The van der Waals surface area contributed by atoms with Crippen LogP contribution in [0.2, 0.25) is 0 Å². The summed E-state index contributed by atoms with van der Waals surface area (Å²) in [5.74, 6) is -0.852. The summed E-state index contributed by atoms with van der Waals surface area (Å²) >= 11 is 0. The molecule has 1 N–H and O–H groups in total. The van der Waals surface area contributed by atoms with Crippen LogP contribution in [0.4, 0.5) is 0 Å². The first kappa shape index (κ1) is 12.1. The van der Waals surface area contributed by atoms with E-state index in [0.29, 0.717) is 17.6 Å². The molecular weight excluding hydrogens is 214 g/mol. The topological polar surface area (TPSA) is 40.5 Å². The maximum Gasteiger partial charge on any atom is 0.335 e. The van der Waals surface area contributed by atoms with Crippen molar-refractivity contribution in [1.82, 2.24) is 4.90 Å². The monoisotopic (exact) mass is 233 g/mol. The molecule has 0 aliphatic heterocycles. The fourth-order valence-electron chi connectivity index (χ4n) is 2.15. The summed E-state index contributed by atoms with van der Waals surface area (Å²) < 4.78 is 0. The first-order valence-electron chi connectivity index (χ1n) is 6.16. The van der Waals surface area contributed by atoms with Gasteiger partial charge in [0.1, 0.15) is 0 Å². The predicted molar refractivity (Wildman–Crippen MR) is 67.1 cm³/mol. The molecule has 1 aromatic carbocycles. The second kappa shape index (κ2) is 4.88. The molecule has 1 aromatic rings. The molecule has 3 heteroatoms. The van der Waals surface area contributed by atoms with Crippen LogP contribution in [-0.2, 0) is 6.54 Å². The predicted octanol–water partition coefficient (Wildman–Crippen LogP) is 2.76. The Kier molecular flexibility index (Phi) is 3.48. The molecule has 0 heterocycles. The standard InChI is InChI=1S/C14H19NO2/c1-10(2)15(13-6-7-13)9-11-4-3-5-12(8-11)14(16)17/h3-5,8,10,13H,6-7,9H2,1-2H3,(H,16,17). The summed E-state index contributed by atoms with van der Waals surface area (Å²) in [6.45, 7) is 5.24. The third-order valence-corrected chi connectivity index (χ3v) is 3.22. The molecule has 1 aliphatic rings. The number of benzene rings is 1. The van der Waals surface area contributed by atoms with E-state index >= 15 is 0 Å². The van der Waals surface area contributed by atoms with E-state index < -0.39 is 5.97 Å². The zero-order valence-corrected chi connectivity index (χ0v) is 10.4. The van der Waals surface area contributed by atoms with Crippen molar-refractivity contribution in [1.29, 1.82) is 0 Å². The van der Waals surface area contributed by atoms with E-state index in [1.165, 1.54) is 12.8 Å². The Morgan fingerprint density at radius 1 is 1.47 bits per heavy atom. The highest BCUT2D eigenvalue weighted by molar-refractivity contribution is 5.87. The molecule has 17 heavy (non-hydrogen) atoms. The lowest BCUT2D eigenvalue weighted by atomic mass is 10.1. The fourth-order valence-corrected chi connectivity index (χ4v) is 2.15. The lowest BCUT2D eigenvalue weighted by Gasteiger charge is -2.26. The first-order valence-corrected chi connectivity index (χ1v) is 6.16. The van der Waals surface area contributed by atoms with Gasteiger partial charge in [0.2, 0.25) is 0 Å². The lowest BCUT2D eigenvalue weighted by Crippen LogP contribution is -2.32. The fraction of sp³-hybridized carbons (Fsp3) is 0.500. The highest BCUT2D eigenvalue weighted by Crippen LogP contribution is 2.30. The molecule has 0 saturated heterocycles. The van der Waals surface area contributed by atoms with Gasteiger partial charge in [-0.15, -0.1) is 0 Å². The van der Waals surface area contributed by atoms with Crippen molar-refractivity contribution in [2.75, 3.05) is 0 Å². The second-order valence-electron chi connectivity index (χ2n) is 5.00. The van der Waals surface area contributed by atoms with Gasteiger partial charge < -0.3 is 5.11 Å². The van der Waals surface area contributed by atoms with Crippen LogP contribution in [0.5, 0.6) is 0 Å². The van der Waals surface area contributed by atoms with E-state index in [-0.39, 0.29) is 0 Å². The van der Waals surface area contributed by atoms with Gasteiger partial charge in [0.25, 0.3) is 0 Å². The first-order chi connectivity index (χ1) is 8.08. The van der Waals surface area contributed by atoms with Gasteiger partial charge in [-0.2, -0.15) is 0 Å². The average Bonchev–Trinajstić information content (AvgIpc) is 3.09. The van der Waals surface area contributed by atoms with Gasteiger partial charge in [-0.3, -0.25) is 4.90 Å². The van der Waals surface area contributed by atoms with Crippen LogP contribution in [0.15, 0.2) is 24.3 Å². The highest BCUT2D eigenvalue weighted by Gasteiger charge is 2.30. The smallest absolute Gasteiger partial charge is 0.335 e. The van der Waals surface area contributed by atoms with Crippen molar-refractivity contribution < 1.29 is 9.90 Å². The SMILES string of the molecule is CC(C)N(Cc1cccc(C(=O)O)c1)C1CC1. The van der Waals surface area contributed by atoms with Crippen molar-refractivity contribution >= 4 is 5.97 Å². The van der Waals surface area contributed by atoms with Gasteiger partial charge in [0.15, 0.2) is 0 Å². The molecule has 3 nitrogen and oxygen atoms in total. The van der Waals surface area contributed by atoms with E-state index in [1.807, 2.05) is 12.1 Å². The zero-order chi connectivity index (χ0) is 12.4. The molecular formula is C14H19NO2. The Bertz CT molecular complexity index is 408. The quantitative estimate of drug-likeness (QED) is 0.850. The van der Waals surface area contributed by atoms with Gasteiger partial charge in [0, 0.05) is 18.6 Å². The van der Waals surface area contributed by atoms with Gasteiger partial charge in [-0.1, -0.05) is 12.1 Å². The molecule has 2 rings (SSSR count). The lowest BCUT2D eigenvalue weighted by molar-refractivity contribution is 0.0696. The van der Waals surface area contributed by atoms with Crippen molar-refractivity contribution in [2.45, 2.75) is 45.3 Å².